The van der Waals surface area contributed by atoms with Gasteiger partial charge in [0.15, 0.2) is 0 Å². The minimum atomic E-state index is -0.788. The molecule has 0 N–H and O–H groups in total. The first-order chi connectivity index (χ1) is 7.20. The molecule has 1 aliphatic rings. The molecule has 1 rings (SSSR count). The fourth-order valence-electron chi connectivity index (χ4n) is 1.96. The molecular formula is C11H17NO3. The van der Waals surface area contributed by atoms with E-state index in [0.717, 1.165) is 25.7 Å². The summed E-state index contributed by atoms with van der Waals surface area (Å²) in [5.41, 5.74) is 0. The van der Waals surface area contributed by atoms with Gasteiger partial charge in [0, 0.05) is 12.6 Å². The predicted molar refractivity (Wildman–Crippen MR) is 56.2 cm³/mol. The van der Waals surface area contributed by atoms with Crippen LogP contribution in [-0.4, -0.2) is 36.5 Å². The molecule has 0 unspecified atom stereocenters. The highest BCUT2D eigenvalue weighted by Crippen LogP contribution is 2.23. The summed E-state index contributed by atoms with van der Waals surface area (Å²) < 4.78 is 4.43. The van der Waals surface area contributed by atoms with Crippen LogP contribution >= 0.6 is 0 Å². The predicted octanol–water partition coefficient (Wildman–Crippen LogP) is 1.12. The van der Waals surface area contributed by atoms with Gasteiger partial charge in [0.25, 0.3) is 0 Å². The Bertz CT molecular complexity index is 257. The zero-order chi connectivity index (χ0) is 11.3. The Balaban J connectivity index is 2.67. The van der Waals surface area contributed by atoms with Crippen LogP contribution in [-0.2, 0) is 14.3 Å². The topological polar surface area (TPSA) is 46.6 Å². The Morgan fingerprint density at radius 2 is 2.07 bits per heavy atom. The summed E-state index contributed by atoms with van der Waals surface area (Å²) >= 11 is 0. The van der Waals surface area contributed by atoms with Gasteiger partial charge in [-0.1, -0.05) is 18.9 Å². The minimum absolute atomic E-state index is 0.176. The van der Waals surface area contributed by atoms with Crippen LogP contribution in [0.5, 0.6) is 0 Å². The number of rotatable bonds is 3. The van der Waals surface area contributed by atoms with Crippen molar-refractivity contribution in [1.29, 1.82) is 0 Å². The number of ether oxygens (including phenoxy) is 1. The van der Waals surface area contributed by atoms with E-state index < -0.39 is 11.9 Å². The third kappa shape index (κ3) is 2.81. The molecule has 1 amide bonds. The lowest BCUT2D eigenvalue weighted by Crippen LogP contribution is -2.43. The van der Waals surface area contributed by atoms with E-state index >= 15 is 0 Å². The summed E-state index contributed by atoms with van der Waals surface area (Å²) in [5.74, 6) is -1.34. The number of hydrogen-bond donors (Lipinski definition) is 0. The van der Waals surface area contributed by atoms with Gasteiger partial charge in [-0.25, -0.2) is 4.79 Å². The maximum atomic E-state index is 11.7. The first-order valence-electron chi connectivity index (χ1n) is 5.20. The highest BCUT2D eigenvalue weighted by atomic mass is 16.5. The monoisotopic (exact) mass is 211 g/mol. The van der Waals surface area contributed by atoms with Crippen LogP contribution in [0, 0.1) is 0 Å². The maximum absolute atomic E-state index is 11.7. The molecule has 4 nitrogen and oxygen atoms in total. The van der Waals surface area contributed by atoms with Crippen molar-refractivity contribution in [3.63, 3.8) is 0 Å². The highest BCUT2D eigenvalue weighted by Gasteiger charge is 2.30. The van der Waals surface area contributed by atoms with Gasteiger partial charge in [-0.3, -0.25) is 4.79 Å². The average Bonchev–Trinajstić information content (AvgIpc) is 2.77. The molecule has 0 saturated heterocycles. The first-order valence-corrected chi connectivity index (χ1v) is 5.20. The summed E-state index contributed by atoms with van der Waals surface area (Å²) in [4.78, 5) is 24.4. The first kappa shape index (κ1) is 11.8. The van der Waals surface area contributed by atoms with E-state index in [4.69, 9.17) is 0 Å². The summed E-state index contributed by atoms with van der Waals surface area (Å²) in [7, 11) is 1.22. The van der Waals surface area contributed by atoms with Crippen molar-refractivity contribution >= 4 is 11.9 Å². The zero-order valence-corrected chi connectivity index (χ0v) is 9.07. The third-order valence-electron chi connectivity index (χ3n) is 2.71. The van der Waals surface area contributed by atoms with E-state index in [1.165, 1.54) is 7.11 Å². The van der Waals surface area contributed by atoms with Crippen molar-refractivity contribution < 1.29 is 14.3 Å². The van der Waals surface area contributed by atoms with Crippen molar-refractivity contribution in [2.45, 2.75) is 31.7 Å². The standard InChI is InChI=1S/C11H17NO3/c1-3-8-12(9-6-4-5-7-9)10(13)11(14)15-2/h3,9H,1,4-8H2,2H3. The van der Waals surface area contributed by atoms with E-state index in [1.807, 2.05) is 0 Å². The Morgan fingerprint density at radius 3 is 2.53 bits per heavy atom. The van der Waals surface area contributed by atoms with Gasteiger partial charge in [0.1, 0.15) is 0 Å². The molecule has 1 saturated carbocycles. The lowest BCUT2D eigenvalue weighted by molar-refractivity contribution is -0.159. The summed E-state index contributed by atoms with van der Waals surface area (Å²) in [5, 5.41) is 0. The molecule has 15 heavy (non-hydrogen) atoms. The molecule has 84 valence electrons. The molecule has 0 aliphatic heterocycles. The fraction of sp³-hybridized carbons (Fsp3) is 0.636. The van der Waals surface area contributed by atoms with Crippen molar-refractivity contribution in [2.75, 3.05) is 13.7 Å². The normalized spacial score (nSPS) is 16.1. The van der Waals surface area contributed by atoms with Crippen molar-refractivity contribution in [2.24, 2.45) is 0 Å². The second kappa shape index (κ2) is 5.53. The van der Waals surface area contributed by atoms with Crippen LogP contribution in [0.2, 0.25) is 0 Å². The lowest BCUT2D eigenvalue weighted by Gasteiger charge is -2.26. The van der Waals surface area contributed by atoms with Gasteiger partial charge >= 0.3 is 11.9 Å². The van der Waals surface area contributed by atoms with E-state index in [-0.39, 0.29) is 6.04 Å². The molecule has 0 aromatic carbocycles. The van der Waals surface area contributed by atoms with Gasteiger partial charge in [0.2, 0.25) is 0 Å². The van der Waals surface area contributed by atoms with Crippen molar-refractivity contribution in [1.82, 2.24) is 4.90 Å². The van der Waals surface area contributed by atoms with Crippen LogP contribution in [0.15, 0.2) is 12.7 Å². The molecule has 0 bridgehead atoms. The number of amides is 1. The van der Waals surface area contributed by atoms with E-state index in [1.54, 1.807) is 11.0 Å². The van der Waals surface area contributed by atoms with Gasteiger partial charge in [-0.05, 0) is 12.8 Å². The van der Waals surface area contributed by atoms with Crippen molar-refractivity contribution in [3.8, 4) is 0 Å². The Kier molecular flexibility index (Phi) is 4.34. The number of hydrogen-bond acceptors (Lipinski definition) is 3. The SMILES string of the molecule is C=CCN(C(=O)C(=O)OC)C1CCCC1. The molecular weight excluding hydrogens is 194 g/mol. The van der Waals surface area contributed by atoms with E-state index in [0.29, 0.717) is 6.54 Å². The van der Waals surface area contributed by atoms with Gasteiger partial charge < -0.3 is 9.64 Å². The molecule has 4 heteroatoms. The Morgan fingerprint density at radius 1 is 1.47 bits per heavy atom. The fourth-order valence-corrected chi connectivity index (χ4v) is 1.96. The van der Waals surface area contributed by atoms with Crippen LogP contribution in [0.1, 0.15) is 25.7 Å². The van der Waals surface area contributed by atoms with E-state index in [2.05, 4.69) is 11.3 Å². The number of nitrogens with zero attached hydrogens (tertiary/aromatic N) is 1. The number of carbonyl (C=O) groups is 2. The molecule has 1 fully saturated rings. The highest BCUT2D eigenvalue weighted by molar-refractivity contribution is 6.32. The number of methoxy groups -OCH3 is 1. The minimum Gasteiger partial charge on any atom is -0.462 e. The molecule has 0 heterocycles. The Labute approximate surface area is 89.9 Å². The summed E-state index contributed by atoms with van der Waals surface area (Å²) in [6, 6.07) is 0.176. The zero-order valence-electron chi connectivity index (χ0n) is 9.07. The van der Waals surface area contributed by atoms with Crippen LogP contribution in [0.3, 0.4) is 0 Å². The Hall–Kier alpha value is -1.32. The average molecular weight is 211 g/mol. The number of carbonyl (C=O) groups excluding carboxylic acids is 2. The number of esters is 1. The third-order valence-corrected chi connectivity index (χ3v) is 2.71. The quantitative estimate of drug-likeness (QED) is 0.399. The second-order valence-electron chi connectivity index (χ2n) is 3.68. The van der Waals surface area contributed by atoms with E-state index in [9.17, 15) is 9.59 Å². The van der Waals surface area contributed by atoms with Gasteiger partial charge in [-0.15, -0.1) is 6.58 Å². The van der Waals surface area contributed by atoms with Crippen LogP contribution in [0.25, 0.3) is 0 Å². The van der Waals surface area contributed by atoms with Crippen LogP contribution in [0.4, 0.5) is 0 Å². The summed E-state index contributed by atoms with van der Waals surface area (Å²) in [6.45, 7) is 4.01. The summed E-state index contributed by atoms with van der Waals surface area (Å²) in [6.07, 6.45) is 5.81. The largest absolute Gasteiger partial charge is 0.462 e. The smallest absolute Gasteiger partial charge is 0.396 e. The lowest BCUT2D eigenvalue weighted by atomic mass is 10.2. The molecule has 0 radical (unpaired) electrons. The van der Waals surface area contributed by atoms with Gasteiger partial charge in [0.05, 0.1) is 7.11 Å². The molecule has 0 atom stereocenters. The van der Waals surface area contributed by atoms with Crippen LogP contribution < -0.4 is 0 Å². The second-order valence-corrected chi connectivity index (χ2v) is 3.68. The molecule has 0 aromatic heterocycles. The molecule has 1 aliphatic carbocycles. The molecule has 0 aromatic rings. The van der Waals surface area contributed by atoms with Crippen molar-refractivity contribution in [3.05, 3.63) is 12.7 Å². The molecule has 0 spiro atoms. The maximum Gasteiger partial charge on any atom is 0.396 e. The van der Waals surface area contributed by atoms with Gasteiger partial charge in [-0.2, -0.15) is 0 Å².